The molecule has 0 aliphatic carbocycles. The number of aromatic nitrogens is 2. The largest absolute Gasteiger partial charge is 0.436 e. The molecule has 0 aliphatic rings. The van der Waals surface area contributed by atoms with E-state index in [9.17, 15) is 19.2 Å². The molecule has 3 amide bonds. The van der Waals surface area contributed by atoms with Gasteiger partial charge in [-0.3, -0.25) is 14.4 Å². The Morgan fingerprint density at radius 1 is 0.944 bits per heavy atom. The summed E-state index contributed by atoms with van der Waals surface area (Å²) in [5, 5.41) is 8.26. The van der Waals surface area contributed by atoms with Crippen LogP contribution in [0.4, 0.5) is 10.5 Å². The molecule has 0 saturated carbocycles. The fourth-order valence-corrected chi connectivity index (χ4v) is 8.35. The maximum Gasteiger partial charge on any atom is 0.408 e. The number of pyridine rings is 1. The minimum absolute atomic E-state index is 0.0239. The Kier molecular flexibility index (Phi) is 13.7. The molecule has 0 bridgehead atoms. The Balaban J connectivity index is 1.22. The fourth-order valence-electron chi connectivity index (χ4n) is 5.45. The summed E-state index contributed by atoms with van der Waals surface area (Å²) in [7, 11) is 1.65. The standard InChI is InChI=1S/C41H46N5O6SSi/c1-41(2,3)29-21-23-31(24-22-29)54(30-14-7-6-8-15-30)51-27-25-42-40(50)52-34(18-10-12-20-37(47)45(4)5)38(48)44-33-17-13-26-46(39(33)49)28-36-43-32-16-9-11-19-35(32)53-36/h6-9,11-17,19-24,26,34H,10,18,25,27-28H2,1-5H3,(H,42,50)(H,44,48)/b20-12+/t34-/m0/s1. The number of nitrogens with one attached hydrogen (secondary N) is 2. The van der Waals surface area contributed by atoms with Gasteiger partial charge in [0.2, 0.25) is 5.91 Å². The maximum atomic E-state index is 13.5. The Hall–Kier alpha value is -5.37. The molecular weight excluding hydrogens is 719 g/mol. The van der Waals surface area contributed by atoms with Crippen LogP contribution in [0.5, 0.6) is 0 Å². The average molecular weight is 765 g/mol. The number of fused-ring (bicyclic) bond motifs is 1. The van der Waals surface area contributed by atoms with Crippen LogP contribution in [-0.4, -0.2) is 74.7 Å². The molecule has 0 spiro atoms. The van der Waals surface area contributed by atoms with E-state index in [-0.39, 0.29) is 49.5 Å². The van der Waals surface area contributed by atoms with Gasteiger partial charge in [0.15, 0.2) is 6.10 Å². The molecule has 0 aliphatic heterocycles. The van der Waals surface area contributed by atoms with Crippen LogP contribution in [0.15, 0.2) is 114 Å². The lowest BCUT2D eigenvalue weighted by Gasteiger charge is -2.21. The molecule has 3 aromatic carbocycles. The van der Waals surface area contributed by atoms with E-state index >= 15 is 0 Å². The highest BCUT2D eigenvalue weighted by atomic mass is 32.1. The predicted molar refractivity (Wildman–Crippen MR) is 216 cm³/mol. The van der Waals surface area contributed by atoms with Gasteiger partial charge in [0.05, 0.1) is 23.4 Å². The number of carbonyl (C=O) groups excluding carboxylic acids is 3. The molecule has 2 heterocycles. The van der Waals surface area contributed by atoms with Crippen molar-refractivity contribution in [2.75, 3.05) is 32.6 Å². The number of para-hydroxylation sites is 1. The summed E-state index contributed by atoms with van der Waals surface area (Å²) in [5.41, 5.74) is 1.72. The molecule has 5 rings (SSSR count). The van der Waals surface area contributed by atoms with E-state index in [0.717, 1.165) is 25.6 Å². The third-order valence-electron chi connectivity index (χ3n) is 8.43. The van der Waals surface area contributed by atoms with E-state index in [1.54, 1.807) is 32.4 Å². The van der Waals surface area contributed by atoms with Crippen molar-refractivity contribution < 1.29 is 23.5 Å². The highest BCUT2D eigenvalue weighted by Gasteiger charge is 2.25. The van der Waals surface area contributed by atoms with Crippen LogP contribution in [0, 0.1) is 0 Å². The molecule has 0 unspecified atom stereocenters. The number of ether oxygens (including phenoxy) is 1. The number of alkyl carbamates (subject to hydrolysis) is 1. The summed E-state index contributed by atoms with van der Waals surface area (Å²) in [4.78, 5) is 58.1. The monoisotopic (exact) mass is 764 g/mol. The summed E-state index contributed by atoms with van der Waals surface area (Å²) < 4.78 is 14.5. The third kappa shape index (κ3) is 11.1. The van der Waals surface area contributed by atoms with E-state index in [0.29, 0.717) is 0 Å². The lowest BCUT2D eigenvalue weighted by atomic mass is 9.87. The van der Waals surface area contributed by atoms with Gasteiger partial charge in [-0.1, -0.05) is 93.6 Å². The molecule has 11 nitrogen and oxygen atoms in total. The van der Waals surface area contributed by atoms with Gasteiger partial charge in [-0.2, -0.15) is 0 Å². The van der Waals surface area contributed by atoms with Gasteiger partial charge in [0.25, 0.3) is 20.5 Å². The number of thiazole rings is 1. The van der Waals surface area contributed by atoms with Crippen LogP contribution in [0.25, 0.3) is 10.2 Å². The summed E-state index contributed by atoms with van der Waals surface area (Å²) in [6.07, 6.45) is 2.92. The summed E-state index contributed by atoms with van der Waals surface area (Å²) >= 11 is 1.49. The number of likely N-dealkylation sites (N-methyl/N-ethyl adjacent to an activating group) is 1. The first-order valence-corrected chi connectivity index (χ1v) is 19.9. The highest BCUT2D eigenvalue weighted by molar-refractivity contribution is 7.18. The second kappa shape index (κ2) is 18.6. The number of hydrogen-bond donors (Lipinski definition) is 2. The number of hydrogen-bond acceptors (Lipinski definition) is 8. The molecule has 281 valence electrons. The van der Waals surface area contributed by atoms with Crippen molar-refractivity contribution >= 4 is 64.6 Å². The number of rotatable bonds is 15. The lowest BCUT2D eigenvalue weighted by molar-refractivity contribution is -0.124. The van der Waals surface area contributed by atoms with E-state index in [4.69, 9.17) is 9.16 Å². The zero-order valence-electron chi connectivity index (χ0n) is 31.2. The van der Waals surface area contributed by atoms with E-state index < -0.39 is 32.7 Å². The maximum absolute atomic E-state index is 13.5. The van der Waals surface area contributed by atoms with Gasteiger partial charge in [0, 0.05) is 26.8 Å². The van der Waals surface area contributed by atoms with Gasteiger partial charge in [-0.25, -0.2) is 9.78 Å². The van der Waals surface area contributed by atoms with E-state index in [2.05, 4.69) is 60.7 Å². The Morgan fingerprint density at radius 2 is 1.65 bits per heavy atom. The van der Waals surface area contributed by atoms with Crippen molar-refractivity contribution in [1.29, 1.82) is 0 Å². The second-order valence-electron chi connectivity index (χ2n) is 13.8. The Bertz CT molecular complexity index is 2090. The number of anilines is 1. The minimum atomic E-state index is -1.62. The number of benzene rings is 3. The summed E-state index contributed by atoms with van der Waals surface area (Å²) in [5.74, 6) is -0.883. The average Bonchev–Trinajstić information content (AvgIpc) is 3.57. The molecule has 54 heavy (non-hydrogen) atoms. The second-order valence-corrected chi connectivity index (χ2v) is 17.0. The molecular formula is C41H46N5O6SSi. The first-order chi connectivity index (χ1) is 25.9. The van der Waals surface area contributed by atoms with Crippen LogP contribution in [-0.2, 0) is 30.7 Å². The third-order valence-corrected chi connectivity index (χ3v) is 11.7. The van der Waals surface area contributed by atoms with Crippen LogP contribution in [0.2, 0.25) is 0 Å². The van der Waals surface area contributed by atoms with E-state index in [1.807, 2.05) is 54.6 Å². The molecule has 13 heteroatoms. The van der Waals surface area contributed by atoms with Crippen molar-refractivity contribution in [3.05, 3.63) is 130 Å². The fraction of sp³-hybridized carbons (Fsp3) is 0.293. The van der Waals surface area contributed by atoms with Crippen molar-refractivity contribution in [2.45, 2.75) is 51.7 Å². The zero-order valence-corrected chi connectivity index (χ0v) is 33.0. The van der Waals surface area contributed by atoms with Crippen LogP contribution < -0.4 is 26.6 Å². The van der Waals surface area contributed by atoms with Crippen molar-refractivity contribution in [3.63, 3.8) is 0 Å². The first-order valence-electron chi connectivity index (χ1n) is 17.7. The topological polar surface area (TPSA) is 132 Å². The van der Waals surface area contributed by atoms with Crippen LogP contribution in [0.3, 0.4) is 0 Å². The zero-order chi connectivity index (χ0) is 38.7. The number of carbonyl (C=O) groups is 3. The van der Waals surface area contributed by atoms with Crippen LogP contribution >= 0.6 is 11.3 Å². The molecule has 0 fully saturated rings. The molecule has 1 atom stereocenters. The van der Waals surface area contributed by atoms with Gasteiger partial charge < -0.3 is 29.3 Å². The van der Waals surface area contributed by atoms with Crippen molar-refractivity contribution in [1.82, 2.24) is 19.8 Å². The Labute approximate surface area is 321 Å². The molecule has 2 N–H and O–H groups in total. The smallest absolute Gasteiger partial charge is 0.408 e. The van der Waals surface area contributed by atoms with Crippen molar-refractivity contribution in [3.8, 4) is 0 Å². The molecule has 0 saturated heterocycles. The minimum Gasteiger partial charge on any atom is -0.436 e. The number of allylic oxidation sites excluding steroid dienone is 1. The van der Waals surface area contributed by atoms with Gasteiger partial charge in [0.1, 0.15) is 10.7 Å². The SMILES string of the molecule is CN(C)C(=O)/C=C/CC[C@H](OC(=O)NCCO[Si](c1ccccc1)c1ccc(C(C)(C)C)cc1)C(=O)Nc1cccn(Cc2nc3ccccc3s2)c1=O. The molecule has 2 aromatic heterocycles. The number of nitrogens with zero attached hydrogens (tertiary/aromatic N) is 3. The molecule has 5 aromatic rings. The lowest BCUT2D eigenvalue weighted by Crippen LogP contribution is -2.46. The van der Waals surface area contributed by atoms with Gasteiger partial charge in [-0.05, 0) is 64.5 Å². The summed E-state index contributed by atoms with van der Waals surface area (Å²) in [6, 6.07) is 29.4. The quantitative estimate of drug-likeness (QED) is 0.0864. The Morgan fingerprint density at radius 3 is 2.35 bits per heavy atom. The summed E-state index contributed by atoms with van der Waals surface area (Å²) in [6.45, 7) is 7.10. The highest BCUT2D eigenvalue weighted by Crippen LogP contribution is 2.22. The molecule has 1 radical (unpaired) electrons. The predicted octanol–water partition coefficient (Wildman–Crippen LogP) is 5.08. The van der Waals surface area contributed by atoms with Crippen molar-refractivity contribution in [2.24, 2.45) is 0 Å². The number of amides is 3. The van der Waals surface area contributed by atoms with Gasteiger partial charge >= 0.3 is 6.09 Å². The normalized spacial score (nSPS) is 12.2. The van der Waals surface area contributed by atoms with Gasteiger partial charge in [-0.15, -0.1) is 11.3 Å². The first kappa shape index (κ1) is 39.8. The van der Waals surface area contributed by atoms with E-state index in [1.165, 1.54) is 38.5 Å². The van der Waals surface area contributed by atoms with Crippen LogP contribution in [0.1, 0.15) is 44.2 Å².